The molecule has 2 N–H and O–H groups in total. The van der Waals surface area contributed by atoms with Crippen molar-refractivity contribution in [3.63, 3.8) is 0 Å². The van der Waals surface area contributed by atoms with E-state index in [-0.39, 0.29) is 0 Å². The van der Waals surface area contributed by atoms with Crippen LogP contribution in [0.25, 0.3) is 11.3 Å². The number of nitrogens with zero attached hydrogens (tertiary/aromatic N) is 2. The quantitative estimate of drug-likeness (QED) is 0.897. The molecule has 0 saturated carbocycles. The number of rotatable bonds is 2. The molecule has 0 fully saturated rings. The topological polar surface area (TPSA) is 43.8 Å². The molecule has 0 amide bonds. The number of aryl methyl sites for hydroxylation is 1. The first-order valence-electron chi connectivity index (χ1n) is 4.80. The fraction of sp³-hybridized carbons (Fsp3) is 0.182. The van der Waals surface area contributed by atoms with Crippen molar-refractivity contribution in [3.05, 3.63) is 40.0 Å². The summed E-state index contributed by atoms with van der Waals surface area (Å²) in [6, 6.07) is 5.44. The van der Waals surface area contributed by atoms with Crippen LogP contribution in [-0.2, 0) is 13.6 Å². The highest BCUT2D eigenvalue weighted by Gasteiger charge is 2.10. The third kappa shape index (κ3) is 2.07. The molecule has 2 rings (SSSR count). The Kier molecular flexibility index (Phi) is 3.19. The fourth-order valence-corrected chi connectivity index (χ4v) is 1.87. The lowest BCUT2D eigenvalue weighted by Crippen LogP contribution is -1.96. The van der Waals surface area contributed by atoms with Gasteiger partial charge >= 0.3 is 0 Å². The second kappa shape index (κ2) is 4.45. The molecule has 0 aliphatic heterocycles. The molecular formula is C11H11Cl2N3. The van der Waals surface area contributed by atoms with Gasteiger partial charge in [-0.2, -0.15) is 5.10 Å². The normalized spacial score (nSPS) is 10.8. The third-order valence-electron chi connectivity index (χ3n) is 2.32. The molecule has 1 aromatic carbocycles. The highest BCUT2D eigenvalue weighted by atomic mass is 35.5. The van der Waals surface area contributed by atoms with Crippen LogP contribution in [0.5, 0.6) is 0 Å². The first kappa shape index (κ1) is 11.5. The van der Waals surface area contributed by atoms with E-state index in [1.54, 1.807) is 16.8 Å². The van der Waals surface area contributed by atoms with Crippen molar-refractivity contribution >= 4 is 23.2 Å². The van der Waals surface area contributed by atoms with E-state index in [1.165, 1.54) is 0 Å². The van der Waals surface area contributed by atoms with Crippen molar-refractivity contribution in [2.24, 2.45) is 12.8 Å². The smallest absolute Gasteiger partial charge is 0.0968 e. The van der Waals surface area contributed by atoms with E-state index in [2.05, 4.69) is 5.10 Å². The summed E-state index contributed by atoms with van der Waals surface area (Å²) in [7, 11) is 1.86. The van der Waals surface area contributed by atoms with Gasteiger partial charge in [0.05, 0.1) is 15.7 Å². The molecule has 1 heterocycles. The minimum atomic E-state index is 0.448. The zero-order valence-corrected chi connectivity index (χ0v) is 10.3. The van der Waals surface area contributed by atoms with E-state index in [0.29, 0.717) is 16.6 Å². The largest absolute Gasteiger partial charge is 0.326 e. The zero-order chi connectivity index (χ0) is 11.7. The van der Waals surface area contributed by atoms with Gasteiger partial charge in [-0.3, -0.25) is 4.68 Å². The molecule has 3 nitrogen and oxygen atoms in total. The Labute approximate surface area is 104 Å². The first-order chi connectivity index (χ1) is 7.61. The van der Waals surface area contributed by atoms with Crippen LogP contribution in [0.4, 0.5) is 0 Å². The third-order valence-corrected chi connectivity index (χ3v) is 3.06. The lowest BCUT2D eigenvalue weighted by molar-refractivity contribution is 0.769. The van der Waals surface area contributed by atoms with Crippen molar-refractivity contribution in [1.29, 1.82) is 0 Å². The summed E-state index contributed by atoms with van der Waals surface area (Å²) in [5, 5.41) is 5.42. The van der Waals surface area contributed by atoms with Crippen LogP contribution in [0.15, 0.2) is 24.4 Å². The van der Waals surface area contributed by atoms with Gasteiger partial charge in [0.1, 0.15) is 0 Å². The van der Waals surface area contributed by atoms with Crippen molar-refractivity contribution in [1.82, 2.24) is 9.78 Å². The Hall–Kier alpha value is -1.03. The molecule has 0 radical (unpaired) electrons. The number of hydrogen-bond donors (Lipinski definition) is 1. The molecule has 0 aliphatic rings. The Morgan fingerprint density at radius 1 is 1.31 bits per heavy atom. The highest BCUT2D eigenvalue weighted by Crippen LogP contribution is 2.29. The summed E-state index contributed by atoms with van der Waals surface area (Å²) >= 11 is 11.8. The molecule has 5 heteroatoms. The van der Waals surface area contributed by atoms with Gasteiger partial charge in [-0.25, -0.2) is 0 Å². The standard InChI is InChI=1S/C11H11Cl2N3/c1-16-6-8(5-14)11(15-16)7-2-3-9(12)10(13)4-7/h2-4,6H,5,14H2,1H3. The first-order valence-corrected chi connectivity index (χ1v) is 5.55. The van der Waals surface area contributed by atoms with E-state index in [9.17, 15) is 0 Å². The molecule has 1 aromatic heterocycles. The number of benzene rings is 1. The summed E-state index contributed by atoms with van der Waals surface area (Å²) in [5.41, 5.74) is 8.42. The van der Waals surface area contributed by atoms with Gasteiger partial charge < -0.3 is 5.73 Å². The van der Waals surface area contributed by atoms with Crippen molar-refractivity contribution < 1.29 is 0 Å². The predicted octanol–water partition coefficient (Wildman–Crippen LogP) is 2.85. The van der Waals surface area contributed by atoms with Crippen molar-refractivity contribution in [2.45, 2.75) is 6.54 Å². The van der Waals surface area contributed by atoms with Crippen LogP contribution >= 0.6 is 23.2 Å². The van der Waals surface area contributed by atoms with Crippen LogP contribution in [0.2, 0.25) is 10.0 Å². The summed E-state index contributed by atoms with van der Waals surface area (Å²) in [6.45, 7) is 0.448. The van der Waals surface area contributed by atoms with Crippen LogP contribution in [0, 0.1) is 0 Å². The van der Waals surface area contributed by atoms with E-state index in [1.807, 2.05) is 19.3 Å². The number of halogens is 2. The lowest BCUT2D eigenvalue weighted by Gasteiger charge is -2.02. The van der Waals surface area contributed by atoms with E-state index in [0.717, 1.165) is 16.8 Å². The van der Waals surface area contributed by atoms with Gasteiger partial charge in [0.15, 0.2) is 0 Å². The average molecular weight is 256 g/mol. The van der Waals surface area contributed by atoms with E-state index >= 15 is 0 Å². The van der Waals surface area contributed by atoms with Gasteiger partial charge in [0.25, 0.3) is 0 Å². The Balaban J connectivity index is 2.53. The summed E-state index contributed by atoms with van der Waals surface area (Å²) in [4.78, 5) is 0. The lowest BCUT2D eigenvalue weighted by atomic mass is 10.1. The molecule has 0 spiro atoms. The molecule has 0 saturated heterocycles. The van der Waals surface area contributed by atoms with Gasteiger partial charge in [0, 0.05) is 30.9 Å². The Morgan fingerprint density at radius 2 is 2.06 bits per heavy atom. The molecule has 16 heavy (non-hydrogen) atoms. The van der Waals surface area contributed by atoms with Gasteiger partial charge in [0.2, 0.25) is 0 Å². The maximum absolute atomic E-state index is 5.97. The molecule has 0 atom stereocenters. The molecule has 0 bridgehead atoms. The predicted molar refractivity (Wildman–Crippen MR) is 66.6 cm³/mol. The minimum Gasteiger partial charge on any atom is -0.326 e. The van der Waals surface area contributed by atoms with Gasteiger partial charge in [-0.05, 0) is 12.1 Å². The molecule has 2 aromatic rings. The number of nitrogens with two attached hydrogens (primary N) is 1. The minimum absolute atomic E-state index is 0.448. The van der Waals surface area contributed by atoms with Crippen LogP contribution in [0.3, 0.4) is 0 Å². The summed E-state index contributed by atoms with van der Waals surface area (Å²) < 4.78 is 1.74. The maximum atomic E-state index is 5.97. The van der Waals surface area contributed by atoms with E-state index < -0.39 is 0 Å². The van der Waals surface area contributed by atoms with Crippen molar-refractivity contribution in [3.8, 4) is 11.3 Å². The molecular weight excluding hydrogens is 245 g/mol. The summed E-state index contributed by atoms with van der Waals surface area (Å²) in [6.07, 6.45) is 1.90. The van der Waals surface area contributed by atoms with Crippen LogP contribution in [0.1, 0.15) is 5.56 Å². The Morgan fingerprint density at radius 3 is 2.69 bits per heavy atom. The summed E-state index contributed by atoms with van der Waals surface area (Å²) in [5.74, 6) is 0. The Bertz CT molecular complexity index is 520. The SMILES string of the molecule is Cn1cc(CN)c(-c2ccc(Cl)c(Cl)c2)n1. The molecule has 0 unspecified atom stereocenters. The second-order valence-electron chi connectivity index (χ2n) is 3.51. The highest BCUT2D eigenvalue weighted by molar-refractivity contribution is 6.42. The molecule has 0 aliphatic carbocycles. The number of hydrogen-bond acceptors (Lipinski definition) is 2. The zero-order valence-electron chi connectivity index (χ0n) is 8.74. The van der Waals surface area contributed by atoms with Gasteiger partial charge in [-0.15, -0.1) is 0 Å². The van der Waals surface area contributed by atoms with Crippen molar-refractivity contribution in [2.75, 3.05) is 0 Å². The second-order valence-corrected chi connectivity index (χ2v) is 4.32. The average Bonchev–Trinajstić information content (AvgIpc) is 2.63. The monoisotopic (exact) mass is 255 g/mol. The van der Waals surface area contributed by atoms with Crippen LogP contribution < -0.4 is 5.73 Å². The van der Waals surface area contributed by atoms with Crippen LogP contribution in [-0.4, -0.2) is 9.78 Å². The van der Waals surface area contributed by atoms with E-state index in [4.69, 9.17) is 28.9 Å². The van der Waals surface area contributed by atoms with Gasteiger partial charge in [-0.1, -0.05) is 29.3 Å². The fourth-order valence-electron chi connectivity index (χ4n) is 1.57. The molecule has 84 valence electrons. The number of aromatic nitrogens is 2. The maximum Gasteiger partial charge on any atom is 0.0968 e.